The fourth-order valence-electron chi connectivity index (χ4n) is 2.90. The van der Waals surface area contributed by atoms with Crippen molar-refractivity contribution in [3.63, 3.8) is 0 Å². The van der Waals surface area contributed by atoms with Crippen LogP contribution in [0.4, 0.5) is 8.78 Å². The monoisotopic (exact) mass is 356 g/mol. The first-order valence-corrected chi connectivity index (χ1v) is 11.2. The van der Waals surface area contributed by atoms with Gasteiger partial charge in [-0.3, -0.25) is 4.79 Å². The molecule has 24 heavy (non-hydrogen) atoms. The summed E-state index contributed by atoms with van der Waals surface area (Å²) in [4.78, 5) is 11.8. The molecule has 1 fully saturated rings. The molecular weight excluding hydrogens is 330 g/mol. The molecule has 0 aromatic heterocycles. The predicted molar refractivity (Wildman–Crippen MR) is 91.5 cm³/mol. The Morgan fingerprint density at radius 2 is 2.00 bits per heavy atom. The van der Waals surface area contributed by atoms with Gasteiger partial charge in [0.2, 0.25) is 0 Å². The van der Waals surface area contributed by atoms with E-state index in [1.807, 2.05) is 0 Å². The van der Waals surface area contributed by atoms with E-state index < -0.39 is 31.3 Å². The Hall–Kier alpha value is -1.27. The number of halogens is 2. The average molecular weight is 356 g/mol. The van der Waals surface area contributed by atoms with Gasteiger partial charge in [0.1, 0.15) is 11.6 Å². The van der Waals surface area contributed by atoms with Crippen molar-refractivity contribution in [3.8, 4) is 0 Å². The molecule has 0 bridgehead atoms. The summed E-state index contributed by atoms with van der Waals surface area (Å²) < 4.78 is 33.6. The van der Waals surface area contributed by atoms with Gasteiger partial charge in [-0.25, -0.2) is 8.78 Å². The summed E-state index contributed by atoms with van der Waals surface area (Å²) in [7, 11) is -1.90. The van der Waals surface area contributed by atoms with Crippen LogP contribution in [0, 0.1) is 17.6 Å². The third-order valence-corrected chi connectivity index (χ3v) is 10.2. The number of hydrogen-bond donors (Lipinski definition) is 1. The maximum absolute atomic E-state index is 14.1. The van der Waals surface area contributed by atoms with Crippen molar-refractivity contribution in [2.45, 2.75) is 57.2 Å². The smallest absolute Gasteiger partial charge is 0.314 e. The van der Waals surface area contributed by atoms with Crippen LogP contribution >= 0.6 is 0 Å². The highest BCUT2D eigenvalue weighted by atomic mass is 28.4. The molecule has 0 radical (unpaired) electrons. The largest absolute Gasteiger partial charge is 0.481 e. The molecule has 0 heterocycles. The van der Waals surface area contributed by atoms with Crippen molar-refractivity contribution in [1.82, 2.24) is 0 Å². The lowest BCUT2D eigenvalue weighted by Crippen LogP contribution is -2.41. The van der Waals surface area contributed by atoms with Gasteiger partial charge in [0.15, 0.2) is 8.32 Å². The highest BCUT2D eigenvalue weighted by Crippen LogP contribution is 2.57. The molecule has 0 unspecified atom stereocenters. The molecule has 1 N–H and O–H groups in total. The summed E-state index contributed by atoms with van der Waals surface area (Å²) in [5.41, 5.74) is -1.37. The Balaban J connectivity index is 2.09. The molecule has 3 nitrogen and oxygen atoms in total. The fraction of sp³-hybridized carbons (Fsp3) is 0.611. The summed E-state index contributed by atoms with van der Waals surface area (Å²) >= 11 is 0. The van der Waals surface area contributed by atoms with Gasteiger partial charge in [0.05, 0.1) is 5.41 Å². The number of rotatable bonds is 6. The molecule has 134 valence electrons. The zero-order valence-corrected chi connectivity index (χ0v) is 16.0. The molecule has 1 aromatic carbocycles. The number of aliphatic carboxylic acids is 1. The molecule has 0 aliphatic heterocycles. The third-order valence-electron chi connectivity index (χ3n) is 5.63. The van der Waals surface area contributed by atoms with Crippen LogP contribution in [0.25, 0.3) is 0 Å². The van der Waals surface area contributed by atoms with E-state index in [0.717, 1.165) is 18.2 Å². The standard InChI is InChI=1S/C18H26F2O3Si/c1-17(2,3)24(4,5)23-9-8-12-11-18(12,16(21)22)14-10-13(19)6-7-15(14)20/h6-7,10,12H,8-9,11H2,1-5H3,(H,21,22)/t12-,18+/m0/s1. The number of carboxylic acid groups (broad SMARTS) is 1. The highest BCUT2D eigenvalue weighted by molar-refractivity contribution is 6.74. The van der Waals surface area contributed by atoms with Crippen molar-refractivity contribution in [2.75, 3.05) is 6.61 Å². The van der Waals surface area contributed by atoms with Gasteiger partial charge in [-0.05, 0) is 55.1 Å². The Labute approximate surface area is 143 Å². The van der Waals surface area contributed by atoms with E-state index in [1.54, 1.807) is 0 Å². The SMILES string of the molecule is CC(C)(C)[Si](C)(C)OCC[C@H]1C[C@]1(C(=O)O)c1cc(F)ccc1F. The van der Waals surface area contributed by atoms with Crippen LogP contribution in [0.2, 0.25) is 18.1 Å². The van der Waals surface area contributed by atoms with E-state index >= 15 is 0 Å². The molecule has 0 saturated heterocycles. The third kappa shape index (κ3) is 3.40. The maximum atomic E-state index is 14.1. The summed E-state index contributed by atoms with van der Waals surface area (Å²) in [5, 5.41) is 9.69. The number of hydrogen-bond acceptors (Lipinski definition) is 2. The highest BCUT2D eigenvalue weighted by Gasteiger charge is 2.62. The van der Waals surface area contributed by atoms with Gasteiger partial charge in [-0.15, -0.1) is 0 Å². The topological polar surface area (TPSA) is 46.5 Å². The molecule has 6 heteroatoms. The predicted octanol–water partition coefficient (Wildman–Crippen LogP) is 4.72. The lowest BCUT2D eigenvalue weighted by molar-refractivity contribution is -0.140. The van der Waals surface area contributed by atoms with Gasteiger partial charge in [0, 0.05) is 12.2 Å². The molecule has 1 saturated carbocycles. The van der Waals surface area contributed by atoms with E-state index in [4.69, 9.17) is 4.43 Å². The van der Waals surface area contributed by atoms with E-state index in [9.17, 15) is 18.7 Å². The Kier molecular flexibility index (Phi) is 4.94. The van der Waals surface area contributed by atoms with Gasteiger partial charge in [-0.2, -0.15) is 0 Å². The van der Waals surface area contributed by atoms with Crippen LogP contribution in [0.3, 0.4) is 0 Å². The Morgan fingerprint density at radius 3 is 2.54 bits per heavy atom. The molecule has 1 aliphatic carbocycles. The van der Waals surface area contributed by atoms with Crippen molar-refractivity contribution in [2.24, 2.45) is 5.92 Å². The first-order chi connectivity index (χ1) is 10.9. The lowest BCUT2D eigenvalue weighted by Gasteiger charge is -2.36. The zero-order valence-electron chi connectivity index (χ0n) is 15.0. The lowest BCUT2D eigenvalue weighted by atomic mass is 9.92. The number of benzene rings is 1. The van der Waals surface area contributed by atoms with Crippen molar-refractivity contribution < 1.29 is 23.1 Å². The summed E-state index contributed by atoms with van der Waals surface area (Å²) in [5.74, 6) is -2.60. The molecule has 0 spiro atoms. The van der Waals surface area contributed by atoms with E-state index in [0.29, 0.717) is 19.4 Å². The van der Waals surface area contributed by atoms with Crippen molar-refractivity contribution >= 4 is 14.3 Å². The molecular formula is C18H26F2O3Si. The summed E-state index contributed by atoms with van der Waals surface area (Å²) in [6.45, 7) is 11.1. The second-order valence-electron chi connectivity index (χ2n) is 8.20. The van der Waals surface area contributed by atoms with E-state index in [1.165, 1.54) is 0 Å². The minimum Gasteiger partial charge on any atom is -0.481 e. The minimum atomic E-state index is -1.90. The normalized spacial score (nSPS) is 24.0. The zero-order chi connectivity index (χ0) is 18.3. The molecule has 1 aromatic rings. The second-order valence-corrected chi connectivity index (χ2v) is 13.0. The first kappa shape index (κ1) is 19.1. The minimum absolute atomic E-state index is 0.0488. The Bertz CT molecular complexity index is 640. The van der Waals surface area contributed by atoms with Gasteiger partial charge < -0.3 is 9.53 Å². The molecule has 2 rings (SSSR count). The molecule has 2 atom stereocenters. The van der Waals surface area contributed by atoms with Crippen molar-refractivity contribution in [1.29, 1.82) is 0 Å². The number of carboxylic acids is 1. The first-order valence-electron chi connectivity index (χ1n) is 8.25. The average Bonchev–Trinajstić information content (AvgIpc) is 3.15. The maximum Gasteiger partial charge on any atom is 0.314 e. The molecule has 1 aliphatic rings. The van der Waals surface area contributed by atoms with Gasteiger partial charge in [-0.1, -0.05) is 20.8 Å². The van der Waals surface area contributed by atoms with Crippen LogP contribution < -0.4 is 0 Å². The van der Waals surface area contributed by atoms with Crippen LogP contribution in [-0.4, -0.2) is 26.0 Å². The van der Waals surface area contributed by atoms with E-state index in [2.05, 4.69) is 33.9 Å². The molecule has 0 amide bonds. The second kappa shape index (κ2) is 6.22. The van der Waals surface area contributed by atoms with Gasteiger partial charge in [0.25, 0.3) is 0 Å². The summed E-state index contributed by atoms with van der Waals surface area (Å²) in [6, 6.07) is 3.02. The fourth-order valence-corrected chi connectivity index (χ4v) is 3.96. The summed E-state index contributed by atoms with van der Waals surface area (Å²) in [6.07, 6.45) is 0.859. The van der Waals surface area contributed by atoms with E-state index in [-0.39, 0.29) is 16.5 Å². The van der Waals surface area contributed by atoms with Gasteiger partial charge >= 0.3 is 5.97 Å². The van der Waals surface area contributed by atoms with Crippen LogP contribution in [-0.2, 0) is 14.6 Å². The Morgan fingerprint density at radius 1 is 1.38 bits per heavy atom. The quantitative estimate of drug-likeness (QED) is 0.750. The van der Waals surface area contributed by atoms with Crippen molar-refractivity contribution in [3.05, 3.63) is 35.4 Å². The van der Waals surface area contributed by atoms with Crippen LogP contribution in [0.1, 0.15) is 39.2 Å². The van der Waals surface area contributed by atoms with Crippen LogP contribution in [0.15, 0.2) is 18.2 Å². The van der Waals surface area contributed by atoms with Crippen LogP contribution in [0.5, 0.6) is 0 Å². The number of carbonyl (C=O) groups is 1.